The number of hydrogen-bond donors (Lipinski definition) is 1. The van der Waals surface area contributed by atoms with Gasteiger partial charge < -0.3 is 10.0 Å². The molecule has 2 saturated heterocycles. The van der Waals surface area contributed by atoms with Gasteiger partial charge in [0.2, 0.25) is 5.91 Å². The van der Waals surface area contributed by atoms with Gasteiger partial charge in [0.05, 0.1) is 12.6 Å². The molecule has 4 heteroatoms. The van der Waals surface area contributed by atoms with Crippen molar-refractivity contribution in [3.8, 4) is 12.3 Å². The third-order valence-corrected chi connectivity index (χ3v) is 4.14. The molecule has 2 rings (SSSR count). The molecule has 2 unspecified atom stereocenters. The summed E-state index contributed by atoms with van der Waals surface area (Å²) >= 11 is 0. The number of nitrogens with zero attached hydrogens (tertiary/aromatic N) is 2. The lowest BCUT2D eigenvalue weighted by atomic mass is 9.95. The number of likely N-dealkylation sites (tertiary alicyclic amines) is 2. The van der Waals surface area contributed by atoms with Gasteiger partial charge in [-0.15, -0.1) is 6.42 Å². The number of terminal acetylenes is 1. The maximum atomic E-state index is 12.3. The molecule has 0 spiro atoms. The molecule has 0 radical (unpaired) electrons. The Morgan fingerprint density at radius 1 is 1.39 bits per heavy atom. The van der Waals surface area contributed by atoms with Crippen LogP contribution in [0.4, 0.5) is 0 Å². The van der Waals surface area contributed by atoms with E-state index in [-0.39, 0.29) is 23.8 Å². The summed E-state index contributed by atoms with van der Waals surface area (Å²) in [6, 6.07) is 0. The Labute approximate surface area is 109 Å². The van der Waals surface area contributed by atoms with Gasteiger partial charge >= 0.3 is 0 Å². The van der Waals surface area contributed by atoms with Crippen LogP contribution in [-0.2, 0) is 4.79 Å². The van der Waals surface area contributed by atoms with Crippen LogP contribution in [0, 0.1) is 24.2 Å². The van der Waals surface area contributed by atoms with Crippen molar-refractivity contribution in [3.05, 3.63) is 0 Å². The van der Waals surface area contributed by atoms with Crippen LogP contribution in [0.1, 0.15) is 19.8 Å². The highest BCUT2D eigenvalue weighted by atomic mass is 16.3. The summed E-state index contributed by atoms with van der Waals surface area (Å²) in [7, 11) is 0. The van der Waals surface area contributed by atoms with E-state index in [1.807, 2.05) is 11.8 Å². The summed E-state index contributed by atoms with van der Waals surface area (Å²) in [5.74, 6) is 3.19. The van der Waals surface area contributed by atoms with E-state index in [0.29, 0.717) is 19.6 Å². The topological polar surface area (TPSA) is 43.8 Å². The first-order valence-electron chi connectivity index (χ1n) is 6.74. The number of hydrogen-bond acceptors (Lipinski definition) is 3. The van der Waals surface area contributed by atoms with Gasteiger partial charge in [0.1, 0.15) is 0 Å². The van der Waals surface area contributed by atoms with Gasteiger partial charge in [-0.3, -0.25) is 9.69 Å². The van der Waals surface area contributed by atoms with E-state index in [0.717, 1.165) is 25.9 Å². The lowest BCUT2D eigenvalue weighted by Gasteiger charge is -2.32. The summed E-state index contributed by atoms with van der Waals surface area (Å²) in [5, 5.41) is 9.70. The predicted octanol–water partition coefficient (Wildman–Crippen LogP) is 0.171. The van der Waals surface area contributed by atoms with Crippen LogP contribution in [0.2, 0.25) is 0 Å². The number of amides is 1. The van der Waals surface area contributed by atoms with Crippen LogP contribution in [0.5, 0.6) is 0 Å². The maximum Gasteiger partial charge on any atom is 0.225 e. The van der Waals surface area contributed by atoms with Gasteiger partial charge in [-0.05, 0) is 25.9 Å². The van der Waals surface area contributed by atoms with Gasteiger partial charge in [0.15, 0.2) is 0 Å². The zero-order valence-electron chi connectivity index (χ0n) is 11.0. The van der Waals surface area contributed by atoms with E-state index < -0.39 is 0 Å². The number of aliphatic hydroxyl groups excluding tert-OH is 1. The van der Waals surface area contributed by atoms with E-state index in [9.17, 15) is 9.90 Å². The summed E-state index contributed by atoms with van der Waals surface area (Å²) in [4.78, 5) is 16.4. The Hall–Kier alpha value is -1.05. The number of aliphatic hydroxyl groups is 1. The summed E-state index contributed by atoms with van der Waals surface area (Å²) in [5.41, 5.74) is 0. The van der Waals surface area contributed by atoms with Gasteiger partial charge in [-0.2, -0.15) is 0 Å². The number of rotatable bonds is 2. The molecule has 0 aromatic rings. The van der Waals surface area contributed by atoms with Crippen LogP contribution in [0.15, 0.2) is 0 Å². The molecule has 1 amide bonds. The third kappa shape index (κ3) is 2.85. The molecule has 1 N–H and O–H groups in total. The Morgan fingerprint density at radius 3 is 2.56 bits per heavy atom. The monoisotopic (exact) mass is 250 g/mol. The Balaban J connectivity index is 1.83. The van der Waals surface area contributed by atoms with E-state index in [4.69, 9.17) is 6.42 Å². The van der Waals surface area contributed by atoms with Gasteiger partial charge in [-0.1, -0.05) is 12.8 Å². The maximum absolute atomic E-state index is 12.3. The van der Waals surface area contributed by atoms with E-state index >= 15 is 0 Å². The normalized spacial score (nSPS) is 30.4. The fraction of sp³-hybridized carbons (Fsp3) is 0.786. The summed E-state index contributed by atoms with van der Waals surface area (Å²) in [6.07, 6.45) is 6.72. The second-order valence-corrected chi connectivity index (χ2v) is 5.54. The van der Waals surface area contributed by atoms with Crippen molar-refractivity contribution in [3.63, 3.8) is 0 Å². The van der Waals surface area contributed by atoms with Crippen LogP contribution < -0.4 is 0 Å². The van der Waals surface area contributed by atoms with Crippen LogP contribution in [0.3, 0.4) is 0 Å². The molecule has 2 heterocycles. The average molecular weight is 250 g/mol. The van der Waals surface area contributed by atoms with Crippen molar-refractivity contribution < 1.29 is 9.90 Å². The van der Waals surface area contributed by atoms with E-state index in [1.165, 1.54) is 0 Å². The molecular formula is C14H22N2O2. The Kier molecular flexibility index (Phi) is 4.26. The minimum atomic E-state index is -0.351. The molecule has 2 fully saturated rings. The van der Waals surface area contributed by atoms with Gasteiger partial charge in [0, 0.05) is 24.9 Å². The predicted molar refractivity (Wildman–Crippen MR) is 69.7 cm³/mol. The molecule has 4 nitrogen and oxygen atoms in total. The van der Waals surface area contributed by atoms with Crippen molar-refractivity contribution >= 4 is 5.91 Å². The first kappa shape index (κ1) is 13.4. The molecule has 0 aromatic heterocycles. The second kappa shape index (κ2) is 5.73. The van der Waals surface area contributed by atoms with E-state index in [2.05, 4.69) is 10.8 Å². The minimum Gasteiger partial charge on any atom is -0.391 e. The van der Waals surface area contributed by atoms with Gasteiger partial charge in [-0.25, -0.2) is 0 Å². The molecule has 0 aromatic carbocycles. The van der Waals surface area contributed by atoms with Crippen LogP contribution in [-0.4, -0.2) is 59.6 Å². The van der Waals surface area contributed by atoms with Crippen molar-refractivity contribution in [2.75, 3.05) is 32.7 Å². The zero-order valence-corrected chi connectivity index (χ0v) is 11.0. The molecule has 100 valence electrons. The van der Waals surface area contributed by atoms with Crippen LogP contribution in [0.25, 0.3) is 0 Å². The zero-order chi connectivity index (χ0) is 13.1. The van der Waals surface area contributed by atoms with Crippen molar-refractivity contribution in [2.24, 2.45) is 11.8 Å². The Morgan fingerprint density at radius 2 is 2.06 bits per heavy atom. The molecule has 2 aliphatic heterocycles. The lowest BCUT2D eigenvalue weighted by molar-refractivity contribution is -0.136. The molecule has 0 aliphatic carbocycles. The van der Waals surface area contributed by atoms with Gasteiger partial charge in [0.25, 0.3) is 0 Å². The lowest BCUT2D eigenvalue weighted by Crippen LogP contribution is -2.42. The fourth-order valence-electron chi connectivity index (χ4n) is 2.85. The second-order valence-electron chi connectivity index (χ2n) is 5.54. The first-order chi connectivity index (χ1) is 8.61. The SMILES string of the molecule is C#CCN1CCC(C(=O)N2CC(C)C(O)C2)CC1. The highest BCUT2D eigenvalue weighted by Crippen LogP contribution is 2.23. The van der Waals surface area contributed by atoms with Crippen molar-refractivity contribution in [1.29, 1.82) is 0 Å². The molecular weight excluding hydrogens is 228 g/mol. The van der Waals surface area contributed by atoms with E-state index in [1.54, 1.807) is 0 Å². The highest BCUT2D eigenvalue weighted by Gasteiger charge is 2.35. The van der Waals surface area contributed by atoms with Crippen LogP contribution >= 0.6 is 0 Å². The molecule has 0 saturated carbocycles. The third-order valence-electron chi connectivity index (χ3n) is 4.14. The molecule has 2 atom stereocenters. The minimum absolute atomic E-state index is 0.122. The number of β-amino-alcohol motifs (C(OH)–C–C–N with tert-alkyl or cyclic N) is 1. The Bertz CT molecular complexity index is 332. The summed E-state index contributed by atoms with van der Waals surface area (Å²) in [6.45, 7) is 5.70. The smallest absolute Gasteiger partial charge is 0.225 e. The quantitative estimate of drug-likeness (QED) is 0.711. The van der Waals surface area contributed by atoms with Crippen molar-refractivity contribution in [2.45, 2.75) is 25.9 Å². The van der Waals surface area contributed by atoms with Crippen molar-refractivity contribution in [1.82, 2.24) is 9.80 Å². The molecule has 18 heavy (non-hydrogen) atoms. The highest BCUT2D eigenvalue weighted by molar-refractivity contribution is 5.79. The number of carbonyl (C=O) groups excluding carboxylic acids is 1. The first-order valence-corrected chi connectivity index (χ1v) is 6.74. The largest absolute Gasteiger partial charge is 0.391 e. The summed E-state index contributed by atoms with van der Waals surface area (Å²) < 4.78 is 0. The fourth-order valence-corrected chi connectivity index (χ4v) is 2.85. The molecule has 0 bridgehead atoms. The number of carbonyl (C=O) groups is 1. The average Bonchev–Trinajstić information content (AvgIpc) is 2.70. The molecule has 2 aliphatic rings. The number of piperidine rings is 1. The standard InChI is InChI=1S/C14H22N2O2/c1-3-6-15-7-4-12(5-8-15)14(18)16-9-11(2)13(17)10-16/h1,11-13,17H,4-10H2,2H3.